The fourth-order valence-corrected chi connectivity index (χ4v) is 3.78. The summed E-state index contributed by atoms with van der Waals surface area (Å²) < 4.78 is 1.67. The Hall–Kier alpha value is -2.28. The zero-order chi connectivity index (χ0) is 18.0. The van der Waals surface area contributed by atoms with Gasteiger partial charge in [0, 0.05) is 17.5 Å². The maximum absolute atomic E-state index is 12.8. The second kappa shape index (κ2) is 6.92. The summed E-state index contributed by atoms with van der Waals surface area (Å²) in [5.74, 6) is 0.772. The molecule has 0 radical (unpaired) electrons. The van der Waals surface area contributed by atoms with Gasteiger partial charge in [0.2, 0.25) is 5.91 Å². The number of nitrogens with one attached hydrogen (secondary N) is 1. The highest BCUT2D eigenvalue weighted by molar-refractivity contribution is 7.99. The number of carbonyl (C=O) groups excluding carboxylic acids is 2. The monoisotopic (exact) mass is 358 g/mol. The van der Waals surface area contributed by atoms with Gasteiger partial charge in [-0.15, -0.1) is 11.8 Å². The SMILES string of the molecule is CC(C)(C)NC(=O)[C@@H]1CSCN1C(=O)c1ccn(-c2ccccc2)n1. The van der Waals surface area contributed by atoms with Gasteiger partial charge < -0.3 is 10.2 Å². The molecule has 25 heavy (non-hydrogen) atoms. The molecule has 2 aromatic rings. The van der Waals surface area contributed by atoms with Crippen molar-refractivity contribution in [2.45, 2.75) is 32.4 Å². The molecule has 3 rings (SSSR count). The zero-order valence-electron chi connectivity index (χ0n) is 14.6. The van der Waals surface area contributed by atoms with Gasteiger partial charge in [-0.2, -0.15) is 5.10 Å². The Kier molecular flexibility index (Phi) is 4.85. The average Bonchev–Trinajstić information content (AvgIpc) is 3.23. The minimum Gasteiger partial charge on any atom is -0.350 e. The lowest BCUT2D eigenvalue weighted by Crippen LogP contribution is -2.52. The van der Waals surface area contributed by atoms with Crippen LogP contribution in [0.3, 0.4) is 0 Å². The van der Waals surface area contributed by atoms with E-state index in [0.717, 1.165) is 5.69 Å². The van der Waals surface area contributed by atoms with E-state index in [-0.39, 0.29) is 17.4 Å². The predicted octanol–water partition coefficient (Wildman–Crippen LogP) is 2.30. The smallest absolute Gasteiger partial charge is 0.275 e. The molecule has 2 heterocycles. The number of benzene rings is 1. The Bertz CT molecular complexity index is 767. The molecule has 1 fully saturated rings. The number of hydrogen-bond donors (Lipinski definition) is 1. The number of carbonyl (C=O) groups is 2. The lowest BCUT2D eigenvalue weighted by Gasteiger charge is -2.27. The maximum atomic E-state index is 12.8. The van der Waals surface area contributed by atoms with Gasteiger partial charge in [-0.3, -0.25) is 9.59 Å². The molecule has 1 aliphatic rings. The summed E-state index contributed by atoms with van der Waals surface area (Å²) >= 11 is 1.58. The molecule has 1 N–H and O–H groups in total. The molecule has 1 atom stereocenters. The molecule has 2 amide bonds. The van der Waals surface area contributed by atoms with Crippen LogP contribution in [0.2, 0.25) is 0 Å². The van der Waals surface area contributed by atoms with Gasteiger partial charge >= 0.3 is 0 Å². The number of amides is 2. The molecule has 1 aliphatic heterocycles. The van der Waals surface area contributed by atoms with Crippen molar-refractivity contribution in [1.29, 1.82) is 0 Å². The van der Waals surface area contributed by atoms with Crippen LogP contribution in [0.5, 0.6) is 0 Å². The van der Waals surface area contributed by atoms with Crippen molar-refractivity contribution >= 4 is 23.6 Å². The summed E-state index contributed by atoms with van der Waals surface area (Å²) in [6.07, 6.45) is 1.76. The molecule has 6 nitrogen and oxygen atoms in total. The summed E-state index contributed by atoms with van der Waals surface area (Å²) in [5, 5.41) is 7.33. The Labute approximate surface area is 151 Å². The molecule has 0 unspecified atom stereocenters. The highest BCUT2D eigenvalue weighted by Crippen LogP contribution is 2.23. The van der Waals surface area contributed by atoms with Gasteiger partial charge in [-0.1, -0.05) is 18.2 Å². The van der Waals surface area contributed by atoms with Gasteiger partial charge in [-0.05, 0) is 39.0 Å². The first kappa shape index (κ1) is 17.5. The summed E-state index contributed by atoms with van der Waals surface area (Å²) in [6, 6.07) is 10.8. The van der Waals surface area contributed by atoms with Crippen molar-refractivity contribution in [1.82, 2.24) is 20.0 Å². The topological polar surface area (TPSA) is 67.2 Å². The molecular weight excluding hydrogens is 336 g/mol. The molecule has 132 valence electrons. The van der Waals surface area contributed by atoms with E-state index in [1.165, 1.54) is 0 Å². The summed E-state index contributed by atoms with van der Waals surface area (Å²) in [7, 11) is 0. The molecule has 0 spiro atoms. The lowest BCUT2D eigenvalue weighted by atomic mass is 10.1. The first-order chi connectivity index (χ1) is 11.8. The van der Waals surface area contributed by atoms with Crippen LogP contribution < -0.4 is 5.32 Å². The van der Waals surface area contributed by atoms with Crippen molar-refractivity contribution < 1.29 is 9.59 Å². The molecule has 0 bridgehead atoms. The second-order valence-electron chi connectivity index (χ2n) is 7.01. The Morgan fingerprint density at radius 2 is 1.92 bits per heavy atom. The van der Waals surface area contributed by atoms with E-state index >= 15 is 0 Å². The van der Waals surface area contributed by atoms with Crippen molar-refractivity contribution in [2.75, 3.05) is 11.6 Å². The van der Waals surface area contributed by atoms with Crippen molar-refractivity contribution in [2.24, 2.45) is 0 Å². The van der Waals surface area contributed by atoms with Crippen molar-refractivity contribution in [3.05, 3.63) is 48.3 Å². The summed E-state index contributed by atoms with van der Waals surface area (Å²) in [6.45, 7) is 5.79. The Balaban J connectivity index is 1.76. The number of aromatic nitrogens is 2. The first-order valence-corrected chi connectivity index (χ1v) is 9.32. The number of rotatable bonds is 3. The van der Waals surface area contributed by atoms with Gasteiger partial charge in [0.1, 0.15) is 6.04 Å². The molecule has 1 aromatic heterocycles. The van der Waals surface area contributed by atoms with Gasteiger partial charge in [0.25, 0.3) is 5.91 Å². The number of nitrogens with zero attached hydrogens (tertiary/aromatic N) is 3. The largest absolute Gasteiger partial charge is 0.350 e. The van der Waals surface area contributed by atoms with E-state index in [0.29, 0.717) is 17.3 Å². The van der Waals surface area contributed by atoms with Crippen LogP contribution in [-0.4, -0.2) is 49.7 Å². The molecule has 7 heteroatoms. The van der Waals surface area contributed by atoms with Crippen LogP contribution in [0, 0.1) is 0 Å². The van der Waals surface area contributed by atoms with Crippen molar-refractivity contribution in [3.8, 4) is 5.69 Å². The molecule has 1 aromatic carbocycles. The van der Waals surface area contributed by atoms with E-state index in [9.17, 15) is 9.59 Å². The highest BCUT2D eigenvalue weighted by Gasteiger charge is 2.37. The average molecular weight is 358 g/mol. The standard InChI is InChI=1S/C18H22N4O2S/c1-18(2,3)19-16(23)15-11-25-12-21(15)17(24)14-9-10-22(20-14)13-7-5-4-6-8-13/h4-10,15H,11-12H2,1-3H3,(H,19,23)/t15-/m0/s1. The van der Waals surface area contributed by atoms with Crippen LogP contribution in [0.4, 0.5) is 0 Å². The molecule has 1 saturated heterocycles. The summed E-state index contributed by atoms with van der Waals surface area (Å²) in [5.41, 5.74) is 0.910. The zero-order valence-corrected chi connectivity index (χ0v) is 15.4. The second-order valence-corrected chi connectivity index (χ2v) is 8.01. The van der Waals surface area contributed by atoms with Gasteiger partial charge in [0.05, 0.1) is 11.6 Å². The third kappa shape index (κ3) is 4.04. The van der Waals surface area contributed by atoms with Crippen LogP contribution in [-0.2, 0) is 4.79 Å². The van der Waals surface area contributed by atoms with Gasteiger partial charge in [-0.25, -0.2) is 4.68 Å². The number of hydrogen-bond acceptors (Lipinski definition) is 4. The van der Waals surface area contributed by atoms with Crippen LogP contribution in [0.15, 0.2) is 42.6 Å². The third-order valence-electron chi connectivity index (χ3n) is 3.77. The van der Waals surface area contributed by atoms with Crippen LogP contribution >= 0.6 is 11.8 Å². The molecule has 0 aliphatic carbocycles. The Morgan fingerprint density at radius 1 is 1.20 bits per heavy atom. The maximum Gasteiger partial charge on any atom is 0.275 e. The minimum absolute atomic E-state index is 0.117. The highest BCUT2D eigenvalue weighted by atomic mass is 32.2. The van der Waals surface area contributed by atoms with Gasteiger partial charge in [0.15, 0.2) is 5.69 Å². The quantitative estimate of drug-likeness (QED) is 0.914. The van der Waals surface area contributed by atoms with Crippen LogP contribution in [0.1, 0.15) is 31.3 Å². The predicted molar refractivity (Wildman–Crippen MR) is 98.7 cm³/mol. The van der Waals surface area contributed by atoms with Crippen molar-refractivity contribution in [3.63, 3.8) is 0 Å². The summed E-state index contributed by atoms with van der Waals surface area (Å²) in [4.78, 5) is 26.9. The fourth-order valence-electron chi connectivity index (χ4n) is 2.62. The Morgan fingerprint density at radius 3 is 2.60 bits per heavy atom. The molecule has 0 saturated carbocycles. The van der Waals surface area contributed by atoms with E-state index in [4.69, 9.17) is 0 Å². The fraction of sp³-hybridized carbons (Fsp3) is 0.389. The van der Waals surface area contributed by atoms with Crippen LogP contribution in [0.25, 0.3) is 5.69 Å². The minimum atomic E-state index is -0.460. The third-order valence-corrected chi connectivity index (χ3v) is 4.79. The first-order valence-electron chi connectivity index (χ1n) is 8.17. The molecular formula is C18H22N4O2S. The lowest BCUT2D eigenvalue weighted by molar-refractivity contribution is -0.125. The van der Waals surface area contributed by atoms with E-state index in [2.05, 4.69) is 10.4 Å². The van der Waals surface area contributed by atoms with E-state index in [1.54, 1.807) is 33.6 Å². The van der Waals surface area contributed by atoms with E-state index < -0.39 is 6.04 Å². The number of para-hydroxylation sites is 1. The normalized spacial score (nSPS) is 17.6. The van der Waals surface area contributed by atoms with E-state index in [1.807, 2.05) is 51.1 Å². The number of thioether (sulfide) groups is 1.